The van der Waals surface area contributed by atoms with E-state index in [0.717, 1.165) is 6.42 Å². The van der Waals surface area contributed by atoms with Crippen LogP contribution in [0.3, 0.4) is 0 Å². The van der Waals surface area contributed by atoms with E-state index in [2.05, 4.69) is 6.58 Å². The number of hydrogen-bond donors (Lipinski definition) is 1. The lowest BCUT2D eigenvalue weighted by atomic mass is 10.1. The van der Waals surface area contributed by atoms with Crippen molar-refractivity contribution in [3.8, 4) is 0 Å². The van der Waals surface area contributed by atoms with Crippen LogP contribution in [0.25, 0.3) is 0 Å². The SMILES string of the molecule is C=CCCCC1(N)CC1. The summed E-state index contributed by atoms with van der Waals surface area (Å²) < 4.78 is 0. The van der Waals surface area contributed by atoms with Crippen LogP contribution in [0.5, 0.6) is 0 Å². The van der Waals surface area contributed by atoms with Crippen LogP contribution in [-0.2, 0) is 0 Å². The van der Waals surface area contributed by atoms with Crippen molar-refractivity contribution in [3.63, 3.8) is 0 Å². The number of hydrogen-bond acceptors (Lipinski definition) is 1. The normalized spacial score (nSPS) is 21.4. The summed E-state index contributed by atoms with van der Waals surface area (Å²) in [6, 6.07) is 0. The van der Waals surface area contributed by atoms with Gasteiger partial charge in [-0.15, -0.1) is 6.58 Å². The van der Waals surface area contributed by atoms with Gasteiger partial charge in [0.15, 0.2) is 0 Å². The molecule has 0 aromatic rings. The summed E-state index contributed by atoms with van der Waals surface area (Å²) in [6.07, 6.45) is 7.98. The molecule has 0 radical (unpaired) electrons. The number of nitrogens with two attached hydrogens (primary N) is 1. The van der Waals surface area contributed by atoms with Gasteiger partial charge in [-0.1, -0.05) is 6.08 Å². The van der Waals surface area contributed by atoms with E-state index in [0.29, 0.717) is 0 Å². The highest BCUT2D eigenvalue weighted by atomic mass is 14.8. The standard InChI is InChI=1S/C8H15N/c1-2-3-4-5-8(9)6-7-8/h2H,1,3-7,9H2. The second-order valence-corrected chi connectivity index (χ2v) is 3.04. The van der Waals surface area contributed by atoms with Gasteiger partial charge in [-0.2, -0.15) is 0 Å². The molecule has 1 saturated carbocycles. The summed E-state index contributed by atoms with van der Waals surface area (Å²) >= 11 is 0. The molecule has 0 atom stereocenters. The molecule has 52 valence electrons. The molecule has 1 heteroatoms. The fraction of sp³-hybridized carbons (Fsp3) is 0.750. The lowest BCUT2D eigenvalue weighted by Crippen LogP contribution is -2.20. The molecule has 0 spiro atoms. The molecule has 0 aromatic heterocycles. The molecule has 9 heavy (non-hydrogen) atoms. The smallest absolute Gasteiger partial charge is 0.0155 e. The van der Waals surface area contributed by atoms with Gasteiger partial charge in [-0.25, -0.2) is 0 Å². The average molecular weight is 125 g/mol. The van der Waals surface area contributed by atoms with Crippen molar-refractivity contribution in [2.45, 2.75) is 37.6 Å². The summed E-state index contributed by atoms with van der Waals surface area (Å²) in [7, 11) is 0. The monoisotopic (exact) mass is 125 g/mol. The van der Waals surface area contributed by atoms with E-state index in [1.165, 1.54) is 25.7 Å². The number of unbranched alkanes of at least 4 members (excludes halogenated alkanes) is 1. The summed E-state index contributed by atoms with van der Waals surface area (Å²) in [5.74, 6) is 0. The second kappa shape index (κ2) is 2.53. The minimum atomic E-state index is 0.253. The summed E-state index contributed by atoms with van der Waals surface area (Å²) in [5.41, 5.74) is 6.11. The molecule has 0 bridgehead atoms. The fourth-order valence-electron chi connectivity index (χ4n) is 1.01. The Morgan fingerprint density at radius 2 is 2.22 bits per heavy atom. The minimum Gasteiger partial charge on any atom is -0.325 e. The first-order valence-electron chi connectivity index (χ1n) is 3.67. The molecular formula is C8H15N. The van der Waals surface area contributed by atoms with Crippen LogP contribution >= 0.6 is 0 Å². The first-order chi connectivity index (χ1) is 4.27. The van der Waals surface area contributed by atoms with Gasteiger partial charge in [0.1, 0.15) is 0 Å². The van der Waals surface area contributed by atoms with Crippen LogP contribution in [0, 0.1) is 0 Å². The van der Waals surface area contributed by atoms with E-state index in [1.54, 1.807) is 0 Å². The third-order valence-electron chi connectivity index (χ3n) is 1.98. The van der Waals surface area contributed by atoms with E-state index >= 15 is 0 Å². The molecule has 1 nitrogen and oxygen atoms in total. The Hall–Kier alpha value is -0.300. The molecule has 0 aliphatic heterocycles. The van der Waals surface area contributed by atoms with Crippen LogP contribution in [0.2, 0.25) is 0 Å². The van der Waals surface area contributed by atoms with Crippen LogP contribution in [0.1, 0.15) is 32.1 Å². The zero-order chi connectivity index (χ0) is 6.74. The Morgan fingerprint density at radius 3 is 2.67 bits per heavy atom. The topological polar surface area (TPSA) is 26.0 Å². The molecule has 0 amide bonds. The molecule has 1 fully saturated rings. The second-order valence-electron chi connectivity index (χ2n) is 3.04. The predicted octanol–water partition coefficient (Wildman–Crippen LogP) is 1.83. The summed E-state index contributed by atoms with van der Waals surface area (Å²) in [5, 5.41) is 0. The van der Waals surface area contributed by atoms with Crippen LogP contribution < -0.4 is 5.73 Å². The first kappa shape index (κ1) is 6.81. The van der Waals surface area contributed by atoms with E-state index in [9.17, 15) is 0 Å². The zero-order valence-electron chi connectivity index (χ0n) is 5.90. The first-order valence-corrected chi connectivity index (χ1v) is 3.67. The summed E-state index contributed by atoms with van der Waals surface area (Å²) in [6.45, 7) is 3.66. The van der Waals surface area contributed by atoms with Gasteiger partial charge in [-0.3, -0.25) is 0 Å². The van der Waals surface area contributed by atoms with Crippen molar-refractivity contribution in [1.29, 1.82) is 0 Å². The molecule has 0 unspecified atom stereocenters. The Kier molecular flexibility index (Phi) is 1.91. The van der Waals surface area contributed by atoms with E-state index in [1.807, 2.05) is 6.08 Å². The van der Waals surface area contributed by atoms with Gasteiger partial charge in [0, 0.05) is 5.54 Å². The molecule has 1 aliphatic rings. The Morgan fingerprint density at radius 1 is 1.56 bits per heavy atom. The van der Waals surface area contributed by atoms with Gasteiger partial charge in [0.25, 0.3) is 0 Å². The minimum absolute atomic E-state index is 0.253. The van der Waals surface area contributed by atoms with Crippen LogP contribution in [-0.4, -0.2) is 5.54 Å². The molecule has 1 rings (SSSR count). The summed E-state index contributed by atoms with van der Waals surface area (Å²) in [4.78, 5) is 0. The molecule has 1 aliphatic carbocycles. The molecule has 2 N–H and O–H groups in total. The Labute approximate surface area is 56.9 Å². The largest absolute Gasteiger partial charge is 0.325 e. The number of allylic oxidation sites excluding steroid dienone is 1. The van der Waals surface area contributed by atoms with Gasteiger partial charge in [-0.05, 0) is 32.1 Å². The lowest BCUT2D eigenvalue weighted by Gasteiger charge is -2.04. The van der Waals surface area contributed by atoms with Crippen molar-refractivity contribution >= 4 is 0 Å². The molecule has 0 aromatic carbocycles. The van der Waals surface area contributed by atoms with Gasteiger partial charge in [0.05, 0.1) is 0 Å². The van der Waals surface area contributed by atoms with E-state index in [4.69, 9.17) is 5.73 Å². The highest BCUT2D eigenvalue weighted by Crippen LogP contribution is 2.36. The third kappa shape index (κ3) is 2.19. The average Bonchev–Trinajstić information content (AvgIpc) is 2.50. The molecular weight excluding hydrogens is 110 g/mol. The maximum atomic E-state index is 5.85. The molecule has 0 saturated heterocycles. The zero-order valence-corrected chi connectivity index (χ0v) is 5.90. The third-order valence-corrected chi connectivity index (χ3v) is 1.98. The quantitative estimate of drug-likeness (QED) is 0.450. The van der Waals surface area contributed by atoms with Crippen molar-refractivity contribution in [2.24, 2.45) is 5.73 Å². The van der Waals surface area contributed by atoms with Crippen molar-refractivity contribution in [3.05, 3.63) is 12.7 Å². The van der Waals surface area contributed by atoms with Crippen molar-refractivity contribution < 1.29 is 0 Å². The molecule has 0 heterocycles. The maximum absolute atomic E-state index is 5.85. The van der Waals surface area contributed by atoms with Crippen molar-refractivity contribution in [2.75, 3.05) is 0 Å². The van der Waals surface area contributed by atoms with Gasteiger partial charge < -0.3 is 5.73 Å². The van der Waals surface area contributed by atoms with Gasteiger partial charge in [0.2, 0.25) is 0 Å². The highest BCUT2D eigenvalue weighted by molar-refractivity contribution is 4.98. The lowest BCUT2D eigenvalue weighted by molar-refractivity contribution is 0.580. The van der Waals surface area contributed by atoms with E-state index in [-0.39, 0.29) is 5.54 Å². The van der Waals surface area contributed by atoms with Gasteiger partial charge >= 0.3 is 0 Å². The highest BCUT2D eigenvalue weighted by Gasteiger charge is 2.36. The van der Waals surface area contributed by atoms with E-state index < -0.39 is 0 Å². The maximum Gasteiger partial charge on any atom is 0.0155 e. The van der Waals surface area contributed by atoms with Crippen molar-refractivity contribution in [1.82, 2.24) is 0 Å². The Balaban J connectivity index is 1.98. The van der Waals surface area contributed by atoms with Crippen LogP contribution in [0.15, 0.2) is 12.7 Å². The number of rotatable bonds is 4. The van der Waals surface area contributed by atoms with Crippen LogP contribution in [0.4, 0.5) is 0 Å². The Bertz CT molecular complexity index is 103. The fourth-order valence-corrected chi connectivity index (χ4v) is 1.01. The predicted molar refractivity (Wildman–Crippen MR) is 40.2 cm³/mol.